The van der Waals surface area contributed by atoms with Crippen LogP contribution in [0.25, 0.3) is 0 Å². The SMILES string of the molecule is [15NH2][13CH2][13CH2][13CH2][13CH2][13CH]([15NH2])[13C](=O)O. The predicted octanol–water partition coefficient (Wildman–Crippen LogP) is -0.473. The van der Waals surface area contributed by atoms with Crippen LogP contribution < -0.4 is 11.5 Å². The van der Waals surface area contributed by atoms with Crippen molar-refractivity contribution in [1.82, 2.24) is 0 Å². The molecule has 0 rings (SSSR count). The summed E-state index contributed by atoms with van der Waals surface area (Å²) in [6, 6.07) is -0.716. The summed E-state index contributed by atoms with van der Waals surface area (Å²) in [7, 11) is 0. The van der Waals surface area contributed by atoms with Gasteiger partial charge >= 0.3 is 5.97 Å². The largest absolute Gasteiger partial charge is 0.480 e. The van der Waals surface area contributed by atoms with E-state index < -0.39 is 12.0 Å². The number of hydrogen-bond donors (Lipinski definition) is 3. The maximum absolute atomic E-state index is 10.1. The highest BCUT2D eigenvalue weighted by atomic mass is 16.5. The van der Waals surface area contributed by atoms with Gasteiger partial charge in [0.05, 0.1) is 0 Å². The van der Waals surface area contributed by atoms with Gasteiger partial charge in [0.25, 0.3) is 0 Å². The van der Waals surface area contributed by atoms with Gasteiger partial charge in [-0.2, -0.15) is 0 Å². The smallest absolute Gasteiger partial charge is 0.320 e. The van der Waals surface area contributed by atoms with Crippen LogP contribution in [0, 0.1) is 0 Å². The molecule has 0 saturated carbocycles. The third-order valence-electron chi connectivity index (χ3n) is 1.29. The van der Waals surface area contributed by atoms with Crippen LogP contribution in [0.15, 0.2) is 0 Å². The molecule has 0 fully saturated rings. The molecule has 0 aliphatic heterocycles. The van der Waals surface area contributed by atoms with Crippen LogP contribution in [0.3, 0.4) is 0 Å². The van der Waals surface area contributed by atoms with Crippen LogP contribution in [-0.2, 0) is 4.79 Å². The second kappa shape index (κ2) is 5.20. The van der Waals surface area contributed by atoms with Gasteiger partial charge in [0.15, 0.2) is 0 Å². The first-order valence-corrected chi connectivity index (χ1v) is 3.37. The van der Waals surface area contributed by atoms with Gasteiger partial charge in [-0.3, -0.25) is 4.79 Å². The van der Waals surface area contributed by atoms with E-state index >= 15 is 0 Å². The molecular weight excluding hydrogens is 140 g/mol. The van der Waals surface area contributed by atoms with Gasteiger partial charge in [-0.1, -0.05) is 6.42 Å². The van der Waals surface area contributed by atoms with Crippen LogP contribution in [-0.4, -0.2) is 23.7 Å². The second-order valence-electron chi connectivity index (χ2n) is 2.23. The lowest BCUT2D eigenvalue weighted by molar-refractivity contribution is -0.138. The molecule has 10 heavy (non-hydrogen) atoms. The topological polar surface area (TPSA) is 89.3 Å². The Hall–Kier alpha value is -0.610. The fourth-order valence-electron chi connectivity index (χ4n) is 0.632. The molecule has 60 valence electrons. The van der Waals surface area contributed by atoms with Crippen LogP contribution in [0.5, 0.6) is 0 Å². The van der Waals surface area contributed by atoms with E-state index in [9.17, 15) is 4.79 Å². The molecule has 0 radical (unpaired) electrons. The van der Waals surface area contributed by atoms with Crippen LogP contribution in [0.4, 0.5) is 0 Å². The molecule has 0 aliphatic carbocycles. The van der Waals surface area contributed by atoms with Gasteiger partial charge in [-0.05, 0) is 19.4 Å². The van der Waals surface area contributed by atoms with Crippen LogP contribution >= 0.6 is 0 Å². The molecule has 0 spiro atoms. The molecule has 0 amide bonds. The summed E-state index contributed by atoms with van der Waals surface area (Å²) in [6.07, 6.45) is 2.16. The summed E-state index contributed by atoms with van der Waals surface area (Å²) in [5.41, 5.74) is 10.4. The molecule has 4 heteroatoms. The minimum absolute atomic E-state index is 0.520. The molecule has 0 aliphatic rings. The van der Waals surface area contributed by atoms with Crippen molar-refractivity contribution in [2.45, 2.75) is 25.3 Å². The van der Waals surface area contributed by atoms with E-state index in [1.165, 1.54) is 0 Å². The Bertz CT molecular complexity index is 106. The van der Waals surface area contributed by atoms with Crippen molar-refractivity contribution >= 4 is 5.97 Å². The number of hydrogen-bond acceptors (Lipinski definition) is 3. The Labute approximate surface area is 60.2 Å². The quantitative estimate of drug-likeness (QED) is 0.283. The van der Waals surface area contributed by atoms with Gasteiger partial charge in [-0.15, -0.1) is 0 Å². The fourth-order valence-corrected chi connectivity index (χ4v) is 0.632. The van der Waals surface area contributed by atoms with Gasteiger partial charge in [0.1, 0.15) is 6.04 Å². The van der Waals surface area contributed by atoms with E-state index in [1.807, 2.05) is 0 Å². The summed E-state index contributed by atoms with van der Waals surface area (Å²) in [6.45, 7) is 0.604. The molecule has 0 aromatic heterocycles. The Kier molecular flexibility index (Phi) is 4.88. The number of aliphatic carboxylic acids is 1. The highest BCUT2D eigenvalue weighted by Gasteiger charge is 2.09. The van der Waals surface area contributed by atoms with E-state index in [1.54, 1.807) is 0 Å². The average Bonchev–Trinajstić information content (AvgIpc) is 1.88. The molecule has 0 aromatic rings. The highest BCUT2D eigenvalue weighted by Crippen LogP contribution is 1.96. The molecule has 1 unspecified atom stereocenters. The minimum atomic E-state index is -0.933. The first kappa shape index (κ1) is 9.39. The van der Waals surface area contributed by atoms with Crippen molar-refractivity contribution in [3.63, 3.8) is 0 Å². The van der Waals surface area contributed by atoms with Crippen molar-refractivity contribution in [3.8, 4) is 0 Å². The standard InChI is InChI=1S/C6H14N2O2/c7-4-2-1-3-5(8)6(9)10/h5H,1-4,7-8H2,(H,9,10)/i1+1,2+1,3+1,4+1,5+1,6+1,7+1,8+1. The highest BCUT2D eigenvalue weighted by molar-refractivity contribution is 5.72. The fraction of sp³-hybridized carbons (Fsp3) is 0.833. The number of rotatable bonds is 5. The number of unbranched alkanes of at least 4 members (excludes halogenated alkanes) is 1. The molecule has 0 heterocycles. The Morgan fingerprint density at radius 3 is 2.50 bits per heavy atom. The maximum Gasteiger partial charge on any atom is 0.320 e. The van der Waals surface area contributed by atoms with Crippen molar-refractivity contribution in [2.24, 2.45) is 11.5 Å². The van der Waals surface area contributed by atoms with Crippen LogP contribution in [0.2, 0.25) is 0 Å². The number of carbonyl (C=O) groups is 1. The first-order chi connectivity index (χ1) is 4.68. The lowest BCUT2D eigenvalue weighted by Crippen LogP contribution is -2.29. The van der Waals surface area contributed by atoms with E-state index in [0.29, 0.717) is 13.0 Å². The summed E-state index contributed by atoms with van der Waals surface area (Å²) in [5, 5.41) is 8.33. The van der Waals surface area contributed by atoms with Crippen molar-refractivity contribution < 1.29 is 9.90 Å². The van der Waals surface area contributed by atoms with E-state index in [2.05, 4.69) is 0 Å². The van der Waals surface area contributed by atoms with E-state index in [-0.39, 0.29) is 0 Å². The lowest BCUT2D eigenvalue weighted by atomic mass is 11.1. The first-order valence-electron chi connectivity index (χ1n) is 3.37. The summed E-state index contributed by atoms with van der Waals surface area (Å²) >= 11 is 0. The summed E-state index contributed by atoms with van der Waals surface area (Å²) in [4.78, 5) is 10.1. The van der Waals surface area contributed by atoms with Crippen molar-refractivity contribution in [1.29, 1.82) is 0 Å². The Balaban J connectivity index is 3.21. The van der Waals surface area contributed by atoms with Gasteiger partial charge in [0.2, 0.25) is 0 Å². The molecule has 4 nitrogen and oxygen atoms in total. The number of carboxylic acid groups (broad SMARTS) is 1. The Morgan fingerprint density at radius 1 is 1.50 bits per heavy atom. The zero-order valence-corrected chi connectivity index (χ0v) is 5.92. The van der Waals surface area contributed by atoms with Gasteiger partial charge < -0.3 is 16.6 Å². The molecular formula is C6H14N2O2. The zero-order valence-electron chi connectivity index (χ0n) is 5.92. The van der Waals surface area contributed by atoms with Crippen molar-refractivity contribution in [2.75, 3.05) is 6.54 Å². The van der Waals surface area contributed by atoms with Crippen molar-refractivity contribution in [3.05, 3.63) is 0 Å². The minimum Gasteiger partial charge on any atom is -0.480 e. The molecule has 0 bridgehead atoms. The normalized spacial score (nSPS) is 13.0. The molecule has 5 N–H and O–H groups in total. The predicted molar refractivity (Wildman–Crippen MR) is 38.5 cm³/mol. The number of carboxylic acids is 1. The third-order valence-corrected chi connectivity index (χ3v) is 1.29. The molecule has 1 atom stereocenters. The van der Waals surface area contributed by atoms with E-state index in [0.717, 1.165) is 12.8 Å². The van der Waals surface area contributed by atoms with Gasteiger partial charge in [0, 0.05) is 0 Å². The monoisotopic (exact) mass is 154 g/mol. The summed E-state index contributed by atoms with van der Waals surface area (Å²) in [5.74, 6) is -0.933. The van der Waals surface area contributed by atoms with Crippen LogP contribution in [0.1, 0.15) is 19.3 Å². The number of nitrogens with two attached hydrogens (primary N) is 2. The maximum atomic E-state index is 10.1. The summed E-state index contributed by atoms with van der Waals surface area (Å²) < 4.78 is 0. The average molecular weight is 154 g/mol. The zero-order chi connectivity index (χ0) is 7.98. The molecule has 0 saturated heterocycles. The third kappa shape index (κ3) is 4.29. The molecule has 0 aromatic carbocycles. The lowest BCUT2D eigenvalue weighted by Gasteiger charge is -2.03. The Morgan fingerprint density at radius 2 is 2.10 bits per heavy atom. The van der Waals surface area contributed by atoms with Gasteiger partial charge in [-0.25, -0.2) is 0 Å². The van der Waals surface area contributed by atoms with E-state index in [4.69, 9.17) is 16.6 Å². The second-order valence-corrected chi connectivity index (χ2v) is 2.23.